The summed E-state index contributed by atoms with van der Waals surface area (Å²) in [5.41, 5.74) is 1.79. The minimum absolute atomic E-state index is 0.0815. The van der Waals surface area contributed by atoms with Gasteiger partial charge in [0.05, 0.1) is 13.2 Å². The third-order valence-electron chi connectivity index (χ3n) is 2.66. The van der Waals surface area contributed by atoms with Crippen molar-refractivity contribution < 1.29 is 9.53 Å². The molecular weight excluding hydrogens is 192 g/mol. The van der Waals surface area contributed by atoms with Gasteiger partial charge in [0.1, 0.15) is 5.69 Å². The summed E-state index contributed by atoms with van der Waals surface area (Å²) < 4.78 is 5.21. The number of H-pyrrole nitrogens is 1. The highest BCUT2D eigenvalue weighted by atomic mass is 16.5. The lowest BCUT2D eigenvalue weighted by Crippen LogP contribution is -2.40. The summed E-state index contributed by atoms with van der Waals surface area (Å²) >= 11 is 0. The van der Waals surface area contributed by atoms with E-state index in [0.717, 1.165) is 12.1 Å². The van der Waals surface area contributed by atoms with E-state index in [1.54, 1.807) is 0 Å². The van der Waals surface area contributed by atoms with Gasteiger partial charge in [-0.2, -0.15) is 0 Å². The first-order valence-electron chi connectivity index (χ1n) is 5.36. The van der Waals surface area contributed by atoms with Crippen molar-refractivity contribution in [1.29, 1.82) is 0 Å². The Bertz CT molecular complexity index is 340. The summed E-state index contributed by atoms with van der Waals surface area (Å²) in [6, 6.07) is 3.82. The Labute approximate surface area is 89.2 Å². The number of ether oxygens (including phenoxy) is 1. The van der Waals surface area contributed by atoms with Crippen molar-refractivity contribution in [3.63, 3.8) is 0 Å². The molecule has 2 heterocycles. The van der Waals surface area contributed by atoms with Crippen LogP contribution in [0.2, 0.25) is 0 Å². The highest BCUT2D eigenvalue weighted by Crippen LogP contribution is 2.08. The van der Waals surface area contributed by atoms with E-state index in [0.29, 0.717) is 32.0 Å². The van der Waals surface area contributed by atoms with Gasteiger partial charge in [-0.15, -0.1) is 0 Å². The second-order valence-electron chi connectivity index (χ2n) is 3.66. The zero-order valence-electron chi connectivity index (χ0n) is 8.95. The van der Waals surface area contributed by atoms with Crippen molar-refractivity contribution >= 4 is 5.91 Å². The first kappa shape index (κ1) is 10.2. The Morgan fingerprint density at radius 3 is 2.80 bits per heavy atom. The Balaban J connectivity index is 2.05. The number of morpholine rings is 1. The van der Waals surface area contributed by atoms with Crippen LogP contribution in [0.5, 0.6) is 0 Å². The van der Waals surface area contributed by atoms with Gasteiger partial charge in [-0.25, -0.2) is 0 Å². The molecule has 0 radical (unpaired) electrons. The maximum absolute atomic E-state index is 12.0. The summed E-state index contributed by atoms with van der Waals surface area (Å²) in [6.45, 7) is 4.74. The first-order valence-corrected chi connectivity index (χ1v) is 5.36. The maximum atomic E-state index is 12.0. The second-order valence-corrected chi connectivity index (χ2v) is 3.66. The molecule has 1 aromatic rings. The molecule has 0 bridgehead atoms. The van der Waals surface area contributed by atoms with Gasteiger partial charge in [0.25, 0.3) is 5.91 Å². The molecule has 82 valence electrons. The lowest BCUT2D eigenvalue weighted by atomic mass is 10.3. The summed E-state index contributed by atoms with van der Waals surface area (Å²) in [4.78, 5) is 16.9. The zero-order valence-corrected chi connectivity index (χ0v) is 8.95. The molecule has 15 heavy (non-hydrogen) atoms. The lowest BCUT2D eigenvalue weighted by molar-refractivity contribution is 0.0299. The smallest absolute Gasteiger partial charge is 0.270 e. The Morgan fingerprint density at radius 1 is 1.47 bits per heavy atom. The Hall–Kier alpha value is -1.29. The number of aryl methyl sites for hydroxylation is 1. The average molecular weight is 208 g/mol. The van der Waals surface area contributed by atoms with Crippen LogP contribution in [0.3, 0.4) is 0 Å². The summed E-state index contributed by atoms with van der Waals surface area (Å²) in [5, 5.41) is 0. The second kappa shape index (κ2) is 4.49. The number of nitrogens with zero attached hydrogens (tertiary/aromatic N) is 1. The molecule has 4 heteroatoms. The average Bonchev–Trinajstić information content (AvgIpc) is 2.78. The molecule has 1 saturated heterocycles. The van der Waals surface area contributed by atoms with E-state index in [1.165, 1.54) is 0 Å². The number of nitrogens with one attached hydrogen (secondary N) is 1. The molecule has 4 nitrogen and oxygen atoms in total. The molecule has 0 saturated carbocycles. The van der Waals surface area contributed by atoms with E-state index >= 15 is 0 Å². The van der Waals surface area contributed by atoms with Crippen LogP contribution in [0.15, 0.2) is 12.1 Å². The zero-order chi connectivity index (χ0) is 10.7. The third-order valence-corrected chi connectivity index (χ3v) is 2.66. The fraction of sp³-hybridized carbons (Fsp3) is 0.545. The number of hydrogen-bond donors (Lipinski definition) is 1. The van der Waals surface area contributed by atoms with Gasteiger partial charge in [0, 0.05) is 18.8 Å². The van der Waals surface area contributed by atoms with Crippen LogP contribution >= 0.6 is 0 Å². The number of aromatic amines is 1. The molecule has 0 aromatic carbocycles. The van der Waals surface area contributed by atoms with Crippen LogP contribution in [0.1, 0.15) is 23.1 Å². The molecule has 1 aliphatic rings. The maximum Gasteiger partial charge on any atom is 0.270 e. The van der Waals surface area contributed by atoms with Crippen molar-refractivity contribution in [2.75, 3.05) is 26.3 Å². The van der Waals surface area contributed by atoms with Crippen LogP contribution in [0.4, 0.5) is 0 Å². The summed E-state index contributed by atoms with van der Waals surface area (Å²) in [7, 11) is 0. The van der Waals surface area contributed by atoms with Crippen LogP contribution < -0.4 is 0 Å². The number of aromatic nitrogens is 1. The standard InChI is InChI=1S/C11H16N2O2/c1-2-9-3-4-10(12-9)11(14)13-5-7-15-8-6-13/h3-4,12H,2,5-8H2,1H3. The lowest BCUT2D eigenvalue weighted by Gasteiger charge is -2.26. The summed E-state index contributed by atoms with van der Waals surface area (Å²) in [5.74, 6) is 0.0815. The molecule has 0 aliphatic carbocycles. The van der Waals surface area contributed by atoms with E-state index in [2.05, 4.69) is 11.9 Å². The SMILES string of the molecule is CCc1ccc(C(=O)N2CCOCC2)[nH]1. The van der Waals surface area contributed by atoms with Crippen LogP contribution in [0.25, 0.3) is 0 Å². The quantitative estimate of drug-likeness (QED) is 0.789. The molecule has 1 fully saturated rings. The highest BCUT2D eigenvalue weighted by Gasteiger charge is 2.19. The first-order chi connectivity index (χ1) is 7.31. The van der Waals surface area contributed by atoms with Crippen LogP contribution in [-0.4, -0.2) is 42.1 Å². The van der Waals surface area contributed by atoms with Crippen molar-refractivity contribution in [1.82, 2.24) is 9.88 Å². The van der Waals surface area contributed by atoms with Crippen LogP contribution in [-0.2, 0) is 11.2 Å². The molecular formula is C11H16N2O2. The van der Waals surface area contributed by atoms with Gasteiger partial charge < -0.3 is 14.6 Å². The van der Waals surface area contributed by atoms with Gasteiger partial charge in [-0.3, -0.25) is 4.79 Å². The van der Waals surface area contributed by atoms with E-state index in [9.17, 15) is 4.79 Å². The molecule has 1 aromatic heterocycles. The minimum atomic E-state index is 0.0815. The fourth-order valence-electron chi connectivity index (χ4n) is 1.71. The molecule has 0 atom stereocenters. The molecule has 0 unspecified atom stereocenters. The van der Waals surface area contributed by atoms with E-state index in [1.807, 2.05) is 17.0 Å². The van der Waals surface area contributed by atoms with Crippen molar-refractivity contribution in [3.8, 4) is 0 Å². The van der Waals surface area contributed by atoms with E-state index in [-0.39, 0.29) is 5.91 Å². The monoisotopic (exact) mass is 208 g/mol. The predicted octanol–water partition coefficient (Wildman–Crippen LogP) is 1.05. The number of carbonyl (C=O) groups excluding carboxylic acids is 1. The number of carbonyl (C=O) groups is 1. The number of amides is 1. The molecule has 1 aliphatic heterocycles. The normalized spacial score (nSPS) is 16.7. The molecule has 1 N–H and O–H groups in total. The topological polar surface area (TPSA) is 45.3 Å². The van der Waals surface area contributed by atoms with Gasteiger partial charge in [-0.1, -0.05) is 6.92 Å². The van der Waals surface area contributed by atoms with Crippen LogP contribution in [0, 0.1) is 0 Å². The van der Waals surface area contributed by atoms with Gasteiger partial charge in [-0.05, 0) is 18.6 Å². The van der Waals surface area contributed by atoms with Crippen molar-refractivity contribution in [2.45, 2.75) is 13.3 Å². The molecule has 1 amide bonds. The van der Waals surface area contributed by atoms with E-state index < -0.39 is 0 Å². The Kier molecular flexibility index (Phi) is 3.06. The minimum Gasteiger partial charge on any atom is -0.378 e. The highest BCUT2D eigenvalue weighted by molar-refractivity contribution is 5.92. The number of rotatable bonds is 2. The fourth-order valence-corrected chi connectivity index (χ4v) is 1.71. The number of hydrogen-bond acceptors (Lipinski definition) is 2. The predicted molar refractivity (Wildman–Crippen MR) is 56.9 cm³/mol. The molecule has 0 spiro atoms. The molecule has 2 rings (SSSR count). The van der Waals surface area contributed by atoms with Crippen molar-refractivity contribution in [2.24, 2.45) is 0 Å². The van der Waals surface area contributed by atoms with E-state index in [4.69, 9.17) is 4.74 Å². The van der Waals surface area contributed by atoms with Gasteiger partial charge in [0.2, 0.25) is 0 Å². The third kappa shape index (κ3) is 2.21. The largest absolute Gasteiger partial charge is 0.378 e. The van der Waals surface area contributed by atoms with Crippen molar-refractivity contribution in [3.05, 3.63) is 23.5 Å². The summed E-state index contributed by atoms with van der Waals surface area (Å²) in [6.07, 6.45) is 0.927. The Morgan fingerprint density at radius 2 is 2.20 bits per heavy atom. The van der Waals surface area contributed by atoms with Gasteiger partial charge >= 0.3 is 0 Å². The van der Waals surface area contributed by atoms with Gasteiger partial charge in [0.15, 0.2) is 0 Å².